The molecule has 0 saturated heterocycles. The predicted molar refractivity (Wildman–Crippen MR) is 125 cm³/mol. The number of hydrogen-bond acceptors (Lipinski definition) is 4. The third-order valence-corrected chi connectivity index (χ3v) is 5.41. The highest BCUT2D eigenvalue weighted by atomic mass is 16.5. The van der Waals surface area contributed by atoms with Crippen LogP contribution in [0.3, 0.4) is 0 Å². The van der Waals surface area contributed by atoms with E-state index in [2.05, 4.69) is 15.3 Å². The van der Waals surface area contributed by atoms with Gasteiger partial charge in [-0.1, -0.05) is 66.6 Å². The number of nitrogens with zero attached hydrogens (tertiary/aromatic N) is 3. The van der Waals surface area contributed by atoms with Crippen molar-refractivity contribution < 1.29 is 4.74 Å². The van der Waals surface area contributed by atoms with E-state index in [1.54, 1.807) is 6.20 Å². The second-order valence-corrected chi connectivity index (χ2v) is 7.84. The van der Waals surface area contributed by atoms with Crippen molar-refractivity contribution in [2.75, 3.05) is 0 Å². The molecule has 0 aliphatic rings. The summed E-state index contributed by atoms with van der Waals surface area (Å²) in [5, 5.41) is 8.50. The number of hydrogen-bond donors (Lipinski definition) is 1. The zero-order valence-corrected chi connectivity index (χ0v) is 18.1. The van der Waals surface area contributed by atoms with Crippen LogP contribution in [0.15, 0.2) is 83.9 Å². The fourth-order valence-corrected chi connectivity index (χ4v) is 3.68. The number of pyridine rings is 1. The number of aryl methyl sites for hydroxylation is 2. The van der Waals surface area contributed by atoms with Crippen molar-refractivity contribution in [2.24, 2.45) is 0 Å². The number of aromatic amines is 1. The topological polar surface area (TPSA) is 72.8 Å². The second kappa shape index (κ2) is 11.1. The molecule has 2 heterocycles. The van der Waals surface area contributed by atoms with E-state index in [1.807, 2.05) is 77.6 Å². The molecular formula is C26H28N4O2. The normalized spacial score (nSPS) is 10.9. The number of para-hydroxylation sites is 1. The number of rotatable bonds is 11. The number of unbranched alkanes of at least 4 members (excludes halogenated alkanes) is 3. The van der Waals surface area contributed by atoms with E-state index in [1.165, 1.54) is 0 Å². The van der Waals surface area contributed by atoms with Gasteiger partial charge in [-0.2, -0.15) is 0 Å². The van der Waals surface area contributed by atoms with Gasteiger partial charge in [-0.3, -0.25) is 4.79 Å². The van der Waals surface area contributed by atoms with E-state index in [0.29, 0.717) is 12.4 Å². The summed E-state index contributed by atoms with van der Waals surface area (Å²) < 4.78 is 7.69. The molecule has 0 unspecified atom stereocenters. The Labute approximate surface area is 187 Å². The van der Waals surface area contributed by atoms with Gasteiger partial charge in [0.15, 0.2) is 5.75 Å². The van der Waals surface area contributed by atoms with Crippen LogP contribution in [0.4, 0.5) is 0 Å². The van der Waals surface area contributed by atoms with E-state index < -0.39 is 0 Å². The van der Waals surface area contributed by atoms with Gasteiger partial charge >= 0.3 is 0 Å². The van der Waals surface area contributed by atoms with Crippen LogP contribution in [-0.2, 0) is 19.4 Å². The predicted octanol–water partition coefficient (Wildman–Crippen LogP) is 4.88. The molecule has 2 aromatic heterocycles. The summed E-state index contributed by atoms with van der Waals surface area (Å²) >= 11 is 0. The van der Waals surface area contributed by atoms with Gasteiger partial charge in [0.2, 0.25) is 0 Å². The molecule has 1 N–H and O–H groups in total. The molecule has 6 heteroatoms. The van der Waals surface area contributed by atoms with Crippen molar-refractivity contribution in [3.63, 3.8) is 0 Å². The molecule has 2 aromatic carbocycles. The van der Waals surface area contributed by atoms with Crippen molar-refractivity contribution in [3.05, 3.63) is 106 Å². The zero-order chi connectivity index (χ0) is 22.0. The molecule has 0 aliphatic carbocycles. The first-order valence-electron chi connectivity index (χ1n) is 11.1. The van der Waals surface area contributed by atoms with Crippen LogP contribution < -0.4 is 10.3 Å². The summed E-state index contributed by atoms with van der Waals surface area (Å²) in [5.74, 6) is 0.439. The van der Waals surface area contributed by atoms with Crippen molar-refractivity contribution in [3.8, 4) is 11.4 Å². The van der Waals surface area contributed by atoms with Crippen molar-refractivity contribution in [1.82, 2.24) is 20.0 Å². The molecule has 0 fully saturated rings. The van der Waals surface area contributed by atoms with Gasteiger partial charge in [0.1, 0.15) is 6.61 Å². The molecule has 164 valence electrons. The highest BCUT2D eigenvalue weighted by molar-refractivity contribution is 5.31. The van der Waals surface area contributed by atoms with Gasteiger partial charge in [-0.15, -0.1) is 5.10 Å². The second-order valence-electron chi connectivity index (χ2n) is 7.84. The Morgan fingerprint density at radius 3 is 2.34 bits per heavy atom. The molecule has 4 aromatic rings. The minimum Gasteiger partial charge on any atom is -0.483 e. The average molecular weight is 429 g/mol. The summed E-state index contributed by atoms with van der Waals surface area (Å²) in [4.78, 5) is 15.0. The van der Waals surface area contributed by atoms with Gasteiger partial charge in [0.05, 0.1) is 17.6 Å². The van der Waals surface area contributed by atoms with E-state index in [9.17, 15) is 4.79 Å². The maximum Gasteiger partial charge on any atom is 0.290 e. The minimum absolute atomic E-state index is 0.167. The highest BCUT2D eigenvalue weighted by Crippen LogP contribution is 2.18. The first-order valence-corrected chi connectivity index (χ1v) is 11.1. The third kappa shape index (κ3) is 5.94. The van der Waals surface area contributed by atoms with Crippen LogP contribution >= 0.6 is 0 Å². The lowest BCUT2D eigenvalue weighted by atomic mass is 10.1. The van der Waals surface area contributed by atoms with Crippen LogP contribution in [0.25, 0.3) is 5.69 Å². The van der Waals surface area contributed by atoms with Gasteiger partial charge in [-0.25, -0.2) is 4.68 Å². The lowest BCUT2D eigenvalue weighted by molar-refractivity contribution is 0.298. The fourth-order valence-electron chi connectivity index (χ4n) is 3.68. The SMILES string of the molecule is O=c1[nH]ccc(CCCCCCc2cn(-c3ccccc3)nn2)c1OCc1ccccc1. The number of aromatic nitrogens is 4. The fraction of sp³-hybridized carbons (Fsp3) is 0.269. The molecule has 0 spiro atoms. The zero-order valence-electron chi connectivity index (χ0n) is 18.1. The Hall–Kier alpha value is -3.67. The van der Waals surface area contributed by atoms with Gasteiger partial charge in [-0.05, 0) is 49.4 Å². The molecule has 32 heavy (non-hydrogen) atoms. The monoisotopic (exact) mass is 428 g/mol. The van der Waals surface area contributed by atoms with Crippen molar-refractivity contribution >= 4 is 0 Å². The lowest BCUT2D eigenvalue weighted by Gasteiger charge is -2.10. The summed E-state index contributed by atoms with van der Waals surface area (Å²) in [6.07, 6.45) is 9.74. The van der Waals surface area contributed by atoms with Gasteiger partial charge in [0, 0.05) is 11.8 Å². The first kappa shape index (κ1) is 21.6. The first-order chi connectivity index (χ1) is 15.8. The Balaban J connectivity index is 1.21. The van der Waals surface area contributed by atoms with Crippen LogP contribution in [0.2, 0.25) is 0 Å². The largest absolute Gasteiger partial charge is 0.483 e. The van der Waals surface area contributed by atoms with E-state index in [-0.39, 0.29) is 5.56 Å². The Morgan fingerprint density at radius 1 is 0.844 bits per heavy atom. The highest BCUT2D eigenvalue weighted by Gasteiger charge is 2.09. The number of H-pyrrole nitrogens is 1. The summed E-state index contributed by atoms with van der Waals surface area (Å²) in [6.45, 7) is 0.393. The van der Waals surface area contributed by atoms with E-state index in [0.717, 1.165) is 61.0 Å². The molecule has 0 aliphatic heterocycles. The quantitative estimate of drug-likeness (QED) is 0.346. The molecule has 0 atom stereocenters. The minimum atomic E-state index is -0.167. The van der Waals surface area contributed by atoms with Gasteiger partial charge in [0.25, 0.3) is 5.56 Å². The standard InChI is InChI=1S/C26H28N4O2/c31-26-25(32-20-21-11-5-3-6-12-21)22(17-18-27-26)13-7-1-2-8-14-23-19-30(29-28-23)24-15-9-4-10-16-24/h3-6,9-12,15-19H,1-2,7-8,13-14,20H2,(H,27,31). The van der Waals surface area contributed by atoms with E-state index >= 15 is 0 Å². The van der Waals surface area contributed by atoms with Crippen LogP contribution in [0.1, 0.15) is 42.5 Å². The maximum absolute atomic E-state index is 12.3. The summed E-state index contributed by atoms with van der Waals surface area (Å²) in [6, 6.07) is 21.9. The molecule has 0 amide bonds. The Kier molecular flexibility index (Phi) is 7.47. The van der Waals surface area contributed by atoms with E-state index in [4.69, 9.17) is 4.74 Å². The lowest BCUT2D eigenvalue weighted by Crippen LogP contribution is -2.13. The Bertz CT molecular complexity index is 1150. The number of ether oxygens (including phenoxy) is 1. The third-order valence-electron chi connectivity index (χ3n) is 5.41. The van der Waals surface area contributed by atoms with Crippen LogP contribution in [0, 0.1) is 0 Å². The number of benzene rings is 2. The smallest absolute Gasteiger partial charge is 0.290 e. The molecule has 6 nitrogen and oxygen atoms in total. The molecule has 0 saturated carbocycles. The Morgan fingerprint density at radius 2 is 1.56 bits per heavy atom. The maximum atomic E-state index is 12.3. The van der Waals surface area contributed by atoms with Crippen LogP contribution in [-0.4, -0.2) is 20.0 Å². The molecule has 0 radical (unpaired) electrons. The van der Waals surface area contributed by atoms with Crippen molar-refractivity contribution in [2.45, 2.75) is 45.1 Å². The average Bonchev–Trinajstić information content (AvgIpc) is 3.31. The summed E-state index contributed by atoms with van der Waals surface area (Å²) in [5.41, 5.74) is 3.88. The van der Waals surface area contributed by atoms with Crippen molar-refractivity contribution in [1.29, 1.82) is 0 Å². The molecular weight excluding hydrogens is 400 g/mol. The number of nitrogens with one attached hydrogen (secondary N) is 1. The van der Waals surface area contributed by atoms with Gasteiger partial charge < -0.3 is 9.72 Å². The summed E-state index contributed by atoms with van der Waals surface area (Å²) in [7, 11) is 0. The van der Waals surface area contributed by atoms with Crippen LogP contribution in [0.5, 0.6) is 5.75 Å². The molecule has 0 bridgehead atoms. The molecule has 4 rings (SSSR count).